The Morgan fingerprint density at radius 3 is 2.90 bits per heavy atom. The predicted molar refractivity (Wildman–Crippen MR) is 83.3 cm³/mol. The van der Waals surface area contributed by atoms with Crippen LogP contribution in [0.25, 0.3) is 11.0 Å². The molecule has 0 fully saturated rings. The van der Waals surface area contributed by atoms with Crippen LogP contribution >= 0.6 is 23.4 Å². The summed E-state index contributed by atoms with van der Waals surface area (Å²) in [5.74, 6) is 0.556. The smallest absolute Gasteiger partial charge is 0.188 e. The normalized spacial score (nSPS) is 10.8. The number of fused-ring (bicyclic) bond motifs is 1. The molecule has 0 unspecified atom stereocenters. The Morgan fingerprint density at radius 1 is 1.24 bits per heavy atom. The summed E-state index contributed by atoms with van der Waals surface area (Å²) >= 11 is 7.36. The summed E-state index contributed by atoms with van der Waals surface area (Å²) in [6, 6.07) is 4.73. The van der Waals surface area contributed by atoms with Crippen molar-refractivity contribution in [1.82, 2.24) is 19.9 Å². The SMILES string of the molecule is CSc1ncc2ncnc(Nc3cc(Cl)ccc3O)c2n1. The number of benzene rings is 1. The van der Waals surface area contributed by atoms with Crippen molar-refractivity contribution in [1.29, 1.82) is 0 Å². The molecule has 3 rings (SSSR count). The first-order valence-electron chi connectivity index (χ1n) is 5.94. The molecular formula is C13H10ClN5OS. The van der Waals surface area contributed by atoms with Crippen molar-refractivity contribution in [3.63, 3.8) is 0 Å². The van der Waals surface area contributed by atoms with Crippen molar-refractivity contribution in [2.45, 2.75) is 5.16 Å². The zero-order valence-corrected chi connectivity index (χ0v) is 12.5. The van der Waals surface area contributed by atoms with Gasteiger partial charge in [-0.3, -0.25) is 0 Å². The van der Waals surface area contributed by atoms with Crippen molar-refractivity contribution in [2.24, 2.45) is 0 Å². The largest absolute Gasteiger partial charge is 0.506 e. The molecule has 0 saturated carbocycles. The zero-order chi connectivity index (χ0) is 14.8. The molecule has 0 radical (unpaired) electrons. The van der Waals surface area contributed by atoms with E-state index in [1.165, 1.54) is 24.2 Å². The van der Waals surface area contributed by atoms with Gasteiger partial charge in [-0.25, -0.2) is 19.9 Å². The minimum absolute atomic E-state index is 0.0744. The number of hydrogen-bond acceptors (Lipinski definition) is 7. The molecule has 0 bridgehead atoms. The molecule has 2 N–H and O–H groups in total. The second-order valence-electron chi connectivity index (χ2n) is 4.10. The Labute approximate surface area is 129 Å². The van der Waals surface area contributed by atoms with Crippen LogP contribution in [-0.4, -0.2) is 31.3 Å². The molecule has 1 aromatic carbocycles. The first kappa shape index (κ1) is 13.8. The molecule has 0 atom stereocenters. The van der Waals surface area contributed by atoms with Crippen LogP contribution in [-0.2, 0) is 0 Å². The molecule has 0 amide bonds. The number of phenolic OH excluding ortho intramolecular Hbond substituents is 1. The molecule has 0 aliphatic rings. The highest BCUT2D eigenvalue weighted by Crippen LogP contribution is 2.30. The molecular weight excluding hydrogens is 310 g/mol. The zero-order valence-electron chi connectivity index (χ0n) is 10.9. The highest BCUT2D eigenvalue weighted by molar-refractivity contribution is 7.98. The second kappa shape index (κ2) is 5.71. The number of rotatable bonds is 3. The standard InChI is InChI=1S/C13H10ClN5OS/c1-21-13-15-5-9-11(19-13)12(17-6-16-9)18-8-4-7(14)2-3-10(8)20/h2-6,20H,1H3,(H,16,17,18). The fourth-order valence-corrected chi connectivity index (χ4v) is 2.28. The summed E-state index contributed by atoms with van der Waals surface area (Å²) in [6.45, 7) is 0. The van der Waals surface area contributed by atoms with E-state index in [9.17, 15) is 5.11 Å². The fraction of sp³-hybridized carbons (Fsp3) is 0.0769. The van der Waals surface area contributed by atoms with Gasteiger partial charge in [0.15, 0.2) is 11.0 Å². The van der Waals surface area contributed by atoms with Crippen molar-refractivity contribution in [2.75, 3.05) is 11.6 Å². The lowest BCUT2D eigenvalue weighted by molar-refractivity contribution is 0.478. The van der Waals surface area contributed by atoms with E-state index in [1.54, 1.807) is 18.3 Å². The van der Waals surface area contributed by atoms with Gasteiger partial charge in [0, 0.05) is 5.02 Å². The average Bonchev–Trinajstić information content (AvgIpc) is 2.51. The van der Waals surface area contributed by atoms with E-state index < -0.39 is 0 Å². The van der Waals surface area contributed by atoms with Crippen LogP contribution in [0, 0.1) is 0 Å². The van der Waals surface area contributed by atoms with Gasteiger partial charge in [0.2, 0.25) is 0 Å². The van der Waals surface area contributed by atoms with E-state index >= 15 is 0 Å². The number of anilines is 2. The van der Waals surface area contributed by atoms with Crippen molar-refractivity contribution in [3.8, 4) is 5.75 Å². The van der Waals surface area contributed by atoms with Gasteiger partial charge in [-0.1, -0.05) is 23.4 Å². The van der Waals surface area contributed by atoms with Crippen molar-refractivity contribution >= 4 is 45.9 Å². The summed E-state index contributed by atoms with van der Waals surface area (Å²) in [4.78, 5) is 16.9. The van der Waals surface area contributed by atoms with E-state index in [0.29, 0.717) is 32.7 Å². The van der Waals surface area contributed by atoms with Crippen LogP contribution in [0.15, 0.2) is 35.9 Å². The molecule has 2 aromatic heterocycles. The Balaban J connectivity index is 2.09. The summed E-state index contributed by atoms with van der Waals surface area (Å²) < 4.78 is 0. The highest BCUT2D eigenvalue weighted by atomic mass is 35.5. The van der Waals surface area contributed by atoms with E-state index in [2.05, 4.69) is 25.3 Å². The number of thioether (sulfide) groups is 1. The number of nitrogens with zero attached hydrogens (tertiary/aromatic N) is 4. The molecule has 2 heterocycles. The third kappa shape index (κ3) is 2.84. The maximum atomic E-state index is 9.87. The maximum Gasteiger partial charge on any atom is 0.188 e. The van der Waals surface area contributed by atoms with E-state index in [4.69, 9.17) is 11.6 Å². The van der Waals surface area contributed by atoms with Gasteiger partial charge in [0.25, 0.3) is 0 Å². The van der Waals surface area contributed by atoms with E-state index in [0.717, 1.165) is 0 Å². The topological polar surface area (TPSA) is 83.8 Å². The molecule has 0 aliphatic heterocycles. The monoisotopic (exact) mass is 319 g/mol. The van der Waals surface area contributed by atoms with Gasteiger partial charge < -0.3 is 10.4 Å². The average molecular weight is 320 g/mol. The van der Waals surface area contributed by atoms with Crippen LogP contribution in [0.4, 0.5) is 11.5 Å². The lowest BCUT2D eigenvalue weighted by atomic mass is 10.3. The number of halogens is 1. The first-order valence-corrected chi connectivity index (χ1v) is 7.55. The second-order valence-corrected chi connectivity index (χ2v) is 5.31. The molecule has 3 aromatic rings. The minimum Gasteiger partial charge on any atom is -0.506 e. The third-order valence-corrected chi connectivity index (χ3v) is 3.55. The molecule has 0 saturated heterocycles. The van der Waals surface area contributed by atoms with Crippen LogP contribution in [0.5, 0.6) is 5.75 Å². The number of phenols is 1. The molecule has 0 spiro atoms. The highest BCUT2D eigenvalue weighted by Gasteiger charge is 2.10. The quantitative estimate of drug-likeness (QED) is 0.435. The molecule has 0 aliphatic carbocycles. The van der Waals surface area contributed by atoms with Crippen LogP contribution in [0.1, 0.15) is 0 Å². The number of aromatic hydroxyl groups is 1. The molecule has 8 heteroatoms. The van der Waals surface area contributed by atoms with E-state index in [-0.39, 0.29) is 5.75 Å². The lowest BCUT2D eigenvalue weighted by Crippen LogP contribution is -1.99. The Hall–Kier alpha value is -2.12. The Morgan fingerprint density at radius 2 is 2.10 bits per heavy atom. The number of nitrogens with one attached hydrogen (secondary N) is 1. The summed E-state index contributed by atoms with van der Waals surface area (Å²) in [7, 11) is 0. The van der Waals surface area contributed by atoms with Crippen LogP contribution in [0.3, 0.4) is 0 Å². The molecule has 21 heavy (non-hydrogen) atoms. The van der Waals surface area contributed by atoms with Gasteiger partial charge in [-0.05, 0) is 24.5 Å². The minimum atomic E-state index is 0.0744. The van der Waals surface area contributed by atoms with Gasteiger partial charge >= 0.3 is 0 Å². The lowest BCUT2D eigenvalue weighted by Gasteiger charge is -2.09. The molecule has 106 valence electrons. The predicted octanol–water partition coefficient (Wildman–Crippen LogP) is 3.24. The number of aromatic nitrogens is 4. The maximum absolute atomic E-state index is 9.87. The van der Waals surface area contributed by atoms with E-state index in [1.807, 2.05) is 6.26 Å². The Bertz CT molecular complexity index is 814. The summed E-state index contributed by atoms with van der Waals surface area (Å²) in [5, 5.41) is 14.0. The van der Waals surface area contributed by atoms with Crippen molar-refractivity contribution < 1.29 is 5.11 Å². The van der Waals surface area contributed by atoms with Crippen LogP contribution < -0.4 is 5.32 Å². The van der Waals surface area contributed by atoms with Crippen LogP contribution in [0.2, 0.25) is 5.02 Å². The van der Waals surface area contributed by atoms with Gasteiger partial charge in [0.05, 0.1) is 11.9 Å². The van der Waals surface area contributed by atoms with Crippen molar-refractivity contribution in [3.05, 3.63) is 35.7 Å². The van der Waals surface area contributed by atoms with Gasteiger partial charge in [-0.15, -0.1) is 0 Å². The molecule has 6 nitrogen and oxygen atoms in total. The number of hydrogen-bond donors (Lipinski definition) is 2. The fourth-order valence-electron chi connectivity index (χ4n) is 1.76. The summed E-state index contributed by atoms with van der Waals surface area (Å²) in [5.41, 5.74) is 1.65. The Kier molecular flexibility index (Phi) is 3.76. The summed E-state index contributed by atoms with van der Waals surface area (Å²) in [6.07, 6.45) is 4.94. The third-order valence-electron chi connectivity index (χ3n) is 2.75. The van der Waals surface area contributed by atoms with Gasteiger partial charge in [0.1, 0.15) is 23.1 Å². The van der Waals surface area contributed by atoms with Gasteiger partial charge in [-0.2, -0.15) is 0 Å². The first-order chi connectivity index (χ1) is 10.2.